The van der Waals surface area contributed by atoms with Crippen LogP contribution in [0, 0.1) is 17.1 Å². The van der Waals surface area contributed by atoms with Crippen molar-refractivity contribution in [2.24, 2.45) is 0 Å². The molecule has 0 spiro atoms. The van der Waals surface area contributed by atoms with Gasteiger partial charge < -0.3 is 10.2 Å². The highest BCUT2D eigenvalue weighted by molar-refractivity contribution is 7.90. The second kappa shape index (κ2) is 7.07. The van der Waals surface area contributed by atoms with Gasteiger partial charge in [0.05, 0.1) is 23.1 Å². The van der Waals surface area contributed by atoms with Crippen molar-refractivity contribution in [3.8, 4) is 6.07 Å². The van der Waals surface area contributed by atoms with Gasteiger partial charge in [-0.15, -0.1) is 0 Å². The summed E-state index contributed by atoms with van der Waals surface area (Å²) in [6, 6.07) is 6.47. The smallest absolute Gasteiger partial charge is 0.148 e. The van der Waals surface area contributed by atoms with Crippen LogP contribution in [0.15, 0.2) is 18.2 Å². The summed E-state index contributed by atoms with van der Waals surface area (Å²) in [5, 5.41) is 11.9. The highest BCUT2D eigenvalue weighted by Crippen LogP contribution is 2.20. The van der Waals surface area contributed by atoms with Crippen LogP contribution >= 0.6 is 0 Å². The first-order valence-electron chi connectivity index (χ1n) is 7.23. The van der Waals surface area contributed by atoms with E-state index in [-0.39, 0.29) is 11.8 Å². The first kappa shape index (κ1) is 16.7. The molecular weight excluding hydrogens is 305 g/mol. The van der Waals surface area contributed by atoms with E-state index in [1.807, 2.05) is 6.07 Å². The monoisotopic (exact) mass is 325 g/mol. The second-order valence-electron chi connectivity index (χ2n) is 5.70. The van der Waals surface area contributed by atoms with E-state index in [2.05, 4.69) is 10.2 Å². The maximum atomic E-state index is 13.8. The maximum Gasteiger partial charge on any atom is 0.148 e. The molecule has 0 radical (unpaired) electrons. The van der Waals surface area contributed by atoms with E-state index < -0.39 is 15.7 Å². The third kappa shape index (κ3) is 4.97. The van der Waals surface area contributed by atoms with Gasteiger partial charge in [-0.25, -0.2) is 12.8 Å². The van der Waals surface area contributed by atoms with E-state index in [0.717, 1.165) is 25.9 Å². The Hall–Kier alpha value is -1.65. The average molecular weight is 325 g/mol. The molecule has 1 heterocycles. The van der Waals surface area contributed by atoms with E-state index in [0.29, 0.717) is 17.8 Å². The van der Waals surface area contributed by atoms with Crippen LogP contribution in [0.4, 0.5) is 10.1 Å². The van der Waals surface area contributed by atoms with Crippen molar-refractivity contribution >= 4 is 15.5 Å². The van der Waals surface area contributed by atoms with Crippen molar-refractivity contribution in [3.05, 3.63) is 29.6 Å². The summed E-state index contributed by atoms with van der Waals surface area (Å²) in [6.07, 6.45) is 2.92. The van der Waals surface area contributed by atoms with E-state index in [1.165, 1.54) is 12.3 Å². The molecule has 1 fully saturated rings. The summed E-state index contributed by atoms with van der Waals surface area (Å²) in [6.45, 7) is 2.15. The van der Waals surface area contributed by atoms with Crippen LogP contribution in [-0.2, 0) is 9.84 Å². The molecule has 1 N–H and O–H groups in total. The highest BCUT2D eigenvalue weighted by atomic mass is 32.2. The molecule has 1 saturated heterocycles. The van der Waals surface area contributed by atoms with Crippen molar-refractivity contribution in [2.75, 3.05) is 37.0 Å². The number of hydrogen-bond acceptors (Lipinski definition) is 5. The topological polar surface area (TPSA) is 73.2 Å². The van der Waals surface area contributed by atoms with Crippen LogP contribution in [0.5, 0.6) is 0 Å². The van der Waals surface area contributed by atoms with E-state index in [1.54, 1.807) is 12.1 Å². The Morgan fingerprint density at radius 2 is 2.09 bits per heavy atom. The SMILES string of the molecule is CS(=O)(=O)CCN1CCC(Nc2ccc(C#N)cc2F)CC1. The van der Waals surface area contributed by atoms with Gasteiger partial charge in [0.2, 0.25) is 0 Å². The number of rotatable bonds is 5. The fraction of sp³-hybridized carbons (Fsp3) is 0.533. The van der Waals surface area contributed by atoms with Crippen LogP contribution in [0.3, 0.4) is 0 Å². The molecule has 0 saturated carbocycles. The Labute approximate surface area is 130 Å². The molecule has 1 aromatic rings. The minimum absolute atomic E-state index is 0.164. The lowest BCUT2D eigenvalue weighted by atomic mass is 10.0. The first-order chi connectivity index (χ1) is 10.4. The number of hydrogen-bond donors (Lipinski definition) is 1. The van der Waals surface area contributed by atoms with Crippen molar-refractivity contribution in [1.29, 1.82) is 5.26 Å². The van der Waals surface area contributed by atoms with Crippen molar-refractivity contribution in [1.82, 2.24) is 4.90 Å². The molecule has 1 aliphatic heterocycles. The number of anilines is 1. The minimum Gasteiger partial charge on any atom is -0.380 e. The lowest BCUT2D eigenvalue weighted by molar-refractivity contribution is 0.230. The van der Waals surface area contributed by atoms with Gasteiger partial charge in [-0.1, -0.05) is 0 Å². The molecule has 0 aliphatic carbocycles. The summed E-state index contributed by atoms with van der Waals surface area (Å²) < 4.78 is 36.2. The molecule has 22 heavy (non-hydrogen) atoms. The number of piperidine rings is 1. The van der Waals surface area contributed by atoms with Gasteiger partial charge in [0.1, 0.15) is 15.7 Å². The summed E-state index contributed by atoms with van der Waals surface area (Å²) in [5.74, 6) is -0.242. The molecule has 120 valence electrons. The number of nitrogens with zero attached hydrogens (tertiary/aromatic N) is 2. The number of halogens is 1. The molecule has 1 aliphatic rings. The molecule has 0 bridgehead atoms. The van der Waals surface area contributed by atoms with E-state index in [4.69, 9.17) is 5.26 Å². The van der Waals surface area contributed by atoms with Gasteiger partial charge in [-0.3, -0.25) is 0 Å². The standard InChI is InChI=1S/C15H20FN3O2S/c1-22(20,21)9-8-19-6-4-13(5-7-19)18-15-3-2-12(11-17)10-14(15)16/h2-3,10,13,18H,4-9H2,1H3. The van der Waals surface area contributed by atoms with Crippen LogP contribution in [-0.4, -0.2) is 51.0 Å². The zero-order valence-corrected chi connectivity index (χ0v) is 13.4. The van der Waals surface area contributed by atoms with E-state index >= 15 is 0 Å². The van der Waals surface area contributed by atoms with Gasteiger partial charge >= 0.3 is 0 Å². The molecular formula is C15H20FN3O2S. The molecule has 5 nitrogen and oxygen atoms in total. The second-order valence-corrected chi connectivity index (χ2v) is 7.96. The van der Waals surface area contributed by atoms with Gasteiger partial charge in [0, 0.05) is 31.9 Å². The fourth-order valence-corrected chi connectivity index (χ4v) is 3.11. The molecule has 0 amide bonds. The van der Waals surface area contributed by atoms with Crippen molar-refractivity contribution in [2.45, 2.75) is 18.9 Å². The molecule has 1 aromatic carbocycles. The Bertz CT molecular complexity index is 662. The number of nitriles is 1. The van der Waals surface area contributed by atoms with Crippen molar-refractivity contribution in [3.63, 3.8) is 0 Å². The third-order valence-corrected chi connectivity index (χ3v) is 4.75. The first-order valence-corrected chi connectivity index (χ1v) is 9.30. The van der Waals surface area contributed by atoms with Gasteiger partial charge in [-0.2, -0.15) is 5.26 Å². The van der Waals surface area contributed by atoms with Gasteiger partial charge in [0.15, 0.2) is 0 Å². The lowest BCUT2D eigenvalue weighted by Gasteiger charge is -2.32. The maximum absolute atomic E-state index is 13.8. The third-order valence-electron chi connectivity index (χ3n) is 3.82. The van der Waals surface area contributed by atoms with Crippen LogP contribution < -0.4 is 5.32 Å². The summed E-state index contributed by atoms with van der Waals surface area (Å²) in [5.41, 5.74) is 0.715. The van der Waals surface area contributed by atoms with Crippen LogP contribution in [0.2, 0.25) is 0 Å². The molecule has 0 atom stereocenters. The fourth-order valence-electron chi connectivity index (χ4n) is 2.52. The Morgan fingerprint density at radius 1 is 1.41 bits per heavy atom. The average Bonchev–Trinajstić information content (AvgIpc) is 2.48. The number of nitrogens with one attached hydrogen (secondary N) is 1. The van der Waals surface area contributed by atoms with Gasteiger partial charge in [0.25, 0.3) is 0 Å². The Balaban J connectivity index is 1.84. The Kier molecular flexibility index (Phi) is 5.37. The van der Waals surface area contributed by atoms with Crippen LogP contribution in [0.1, 0.15) is 18.4 Å². The van der Waals surface area contributed by atoms with Crippen LogP contribution in [0.25, 0.3) is 0 Å². The van der Waals surface area contributed by atoms with E-state index in [9.17, 15) is 12.8 Å². The highest BCUT2D eigenvalue weighted by Gasteiger charge is 2.20. The molecule has 2 rings (SSSR count). The van der Waals surface area contributed by atoms with Gasteiger partial charge in [-0.05, 0) is 31.0 Å². The number of sulfone groups is 1. The summed E-state index contributed by atoms with van der Waals surface area (Å²) in [7, 11) is -2.93. The van der Waals surface area contributed by atoms with Crippen molar-refractivity contribution < 1.29 is 12.8 Å². The zero-order chi connectivity index (χ0) is 16.2. The zero-order valence-electron chi connectivity index (χ0n) is 12.5. The molecule has 0 aromatic heterocycles. The lowest BCUT2D eigenvalue weighted by Crippen LogP contribution is -2.41. The predicted octanol–water partition coefficient (Wildman–Crippen LogP) is 1.62. The quantitative estimate of drug-likeness (QED) is 0.890. The number of benzene rings is 1. The predicted molar refractivity (Wildman–Crippen MR) is 83.9 cm³/mol. The molecule has 7 heteroatoms. The Morgan fingerprint density at radius 3 is 2.64 bits per heavy atom. The minimum atomic E-state index is -2.93. The summed E-state index contributed by atoms with van der Waals surface area (Å²) >= 11 is 0. The molecule has 0 unspecified atom stereocenters. The summed E-state index contributed by atoms with van der Waals surface area (Å²) in [4.78, 5) is 2.12. The number of likely N-dealkylation sites (tertiary alicyclic amines) is 1. The largest absolute Gasteiger partial charge is 0.380 e. The normalized spacial score (nSPS) is 17.1.